The summed E-state index contributed by atoms with van der Waals surface area (Å²) in [5.41, 5.74) is 1.25. The largest absolute Gasteiger partial charge is 0.369 e. The van der Waals surface area contributed by atoms with E-state index < -0.39 is 10.8 Å². The first-order valence-electron chi connectivity index (χ1n) is 9.23. The standard InChI is InChI=1S/C19H31BrN4OS.HI/c1-5-21-18(22-11-13-26(25)19(2,3)4)23-16-10-12-24(14-16)17-8-6-15(20)7-9-17;/h6-9,16H,5,10-14H2,1-4H3,(H2,21,22,23);1H. The zero-order valence-electron chi connectivity index (χ0n) is 16.6. The van der Waals surface area contributed by atoms with Crippen molar-refractivity contribution in [2.75, 3.05) is 36.8 Å². The minimum absolute atomic E-state index is 0. The highest BCUT2D eigenvalue weighted by molar-refractivity contribution is 14.0. The first kappa shape index (κ1) is 24.7. The Kier molecular flexibility index (Phi) is 10.6. The van der Waals surface area contributed by atoms with Gasteiger partial charge in [-0.1, -0.05) is 15.9 Å². The molecule has 1 aliphatic heterocycles. The maximum Gasteiger partial charge on any atom is 0.191 e. The van der Waals surface area contributed by atoms with Crippen LogP contribution in [0.5, 0.6) is 0 Å². The molecule has 0 saturated carbocycles. The minimum Gasteiger partial charge on any atom is -0.369 e. The summed E-state index contributed by atoms with van der Waals surface area (Å²) in [7, 11) is -0.869. The molecular weight excluding hydrogens is 539 g/mol. The van der Waals surface area contributed by atoms with Crippen molar-refractivity contribution in [2.45, 2.75) is 44.9 Å². The third kappa shape index (κ3) is 8.27. The number of aliphatic imine (C=N–C) groups is 1. The fraction of sp³-hybridized carbons (Fsp3) is 0.632. The molecule has 0 aromatic heterocycles. The van der Waals surface area contributed by atoms with E-state index in [9.17, 15) is 4.21 Å². The number of benzene rings is 1. The molecular formula is C19H32BrIN4OS. The summed E-state index contributed by atoms with van der Waals surface area (Å²) in [6.07, 6.45) is 1.08. The van der Waals surface area contributed by atoms with Crippen LogP contribution in [0, 0.1) is 0 Å². The molecule has 2 rings (SSSR count). The second kappa shape index (κ2) is 11.6. The minimum atomic E-state index is -0.869. The maximum absolute atomic E-state index is 12.2. The molecule has 27 heavy (non-hydrogen) atoms. The highest BCUT2D eigenvalue weighted by Crippen LogP contribution is 2.22. The van der Waals surface area contributed by atoms with E-state index in [4.69, 9.17) is 0 Å². The molecule has 1 fully saturated rings. The van der Waals surface area contributed by atoms with Crippen molar-refractivity contribution in [1.82, 2.24) is 10.6 Å². The van der Waals surface area contributed by atoms with Gasteiger partial charge in [0.25, 0.3) is 0 Å². The van der Waals surface area contributed by atoms with Crippen LogP contribution < -0.4 is 15.5 Å². The number of anilines is 1. The van der Waals surface area contributed by atoms with E-state index in [2.05, 4.69) is 67.6 Å². The van der Waals surface area contributed by atoms with Gasteiger partial charge in [0.2, 0.25) is 0 Å². The topological polar surface area (TPSA) is 56.7 Å². The van der Waals surface area contributed by atoms with Gasteiger partial charge in [-0.25, -0.2) is 0 Å². The van der Waals surface area contributed by atoms with Crippen molar-refractivity contribution in [3.05, 3.63) is 28.7 Å². The van der Waals surface area contributed by atoms with Crippen LogP contribution in [-0.2, 0) is 10.8 Å². The molecule has 1 aromatic rings. The quantitative estimate of drug-likeness (QED) is 0.311. The summed E-state index contributed by atoms with van der Waals surface area (Å²) >= 11 is 3.49. The zero-order chi connectivity index (χ0) is 19.2. The van der Waals surface area contributed by atoms with Crippen molar-refractivity contribution in [3.63, 3.8) is 0 Å². The van der Waals surface area contributed by atoms with Crippen molar-refractivity contribution in [2.24, 2.45) is 4.99 Å². The van der Waals surface area contributed by atoms with Crippen LogP contribution in [0.1, 0.15) is 34.1 Å². The van der Waals surface area contributed by atoms with E-state index in [1.165, 1.54) is 5.69 Å². The summed E-state index contributed by atoms with van der Waals surface area (Å²) < 4.78 is 13.1. The van der Waals surface area contributed by atoms with E-state index in [1.807, 2.05) is 20.8 Å². The lowest BCUT2D eigenvalue weighted by Crippen LogP contribution is -2.44. The van der Waals surface area contributed by atoms with Crippen molar-refractivity contribution < 1.29 is 4.21 Å². The Balaban J connectivity index is 0.00000364. The van der Waals surface area contributed by atoms with Crippen LogP contribution in [-0.4, -0.2) is 52.9 Å². The molecule has 5 nitrogen and oxygen atoms in total. The Labute approximate surface area is 191 Å². The van der Waals surface area contributed by atoms with Gasteiger partial charge in [0.15, 0.2) is 5.96 Å². The third-order valence-corrected chi connectivity index (χ3v) is 6.74. The van der Waals surface area contributed by atoms with Gasteiger partial charge >= 0.3 is 0 Å². The smallest absolute Gasteiger partial charge is 0.191 e. The number of nitrogens with one attached hydrogen (secondary N) is 2. The predicted molar refractivity (Wildman–Crippen MR) is 132 cm³/mol. The molecule has 154 valence electrons. The predicted octanol–water partition coefficient (Wildman–Crippen LogP) is 3.75. The molecule has 2 N–H and O–H groups in total. The average Bonchev–Trinajstić information content (AvgIpc) is 3.03. The SMILES string of the molecule is CCNC(=NCCS(=O)C(C)(C)C)NC1CCN(c2ccc(Br)cc2)C1.I. The molecule has 1 saturated heterocycles. The third-order valence-electron chi connectivity index (χ3n) is 4.29. The number of hydrogen-bond donors (Lipinski definition) is 2. The molecule has 0 amide bonds. The first-order chi connectivity index (χ1) is 12.3. The van der Waals surface area contributed by atoms with Crippen molar-refractivity contribution in [3.8, 4) is 0 Å². The second-order valence-corrected chi connectivity index (χ2v) is 10.7. The average molecular weight is 571 g/mol. The van der Waals surface area contributed by atoms with E-state index in [1.54, 1.807) is 0 Å². The Morgan fingerprint density at radius 1 is 1.33 bits per heavy atom. The molecule has 2 atom stereocenters. The normalized spacial score (nSPS) is 18.8. The van der Waals surface area contributed by atoms with Crippen molar-refractivity contribution in [1.29, 1.82) is 0 Å². The Bertz CT molecular complexity index is 634. The molecule has 0 spiro atoms. The summed E-state index contributed by atoms with van der Waals surface area (Å²) in [4.78, 5) is 7.01. The number of nitrogens with zero attached hydrogens (tertiary/aromatic N) is 2. The van der Waals surface area contributed by atoms with E-state index in [0.717, 1.165) is 36.5 Å². The second-order valence-electron chi connectivity index (χ2n) is 7.48. The van der Waals surface area contributed by atoms with Crippen LogP contribution in [0.15, 0.2) is 33.7 Å². The van der Waals surface area contributed by atoms with Crippen LogP contribution in [0.25, 0.3) is 0 Å². The molecule has 1 heterocycles. The number of halogens is 2. The van der Waals surface area contributed by atoms with Gasteiger partial charge in [0.1, 0.15) is 0 Å². The summed E-state index contributed by atoms with van der Waals surface area (Å²) in [5.74, 6) is 1.41. The Hall–Kier alpha value is -0.350. The van der Waals surface area contributed by atoms with E-state index >= 15 is 0 Å². The van der Waals surface area contributed by atoms with Gasteiger partial charge in [-0.2, -0.15) is 0 Å². The Morgan fingerprint density at radius 3 is 2.59 bits per heavy atom. The highest BCUT2D eigenvalue weighted by atomic mass is 127. The molecule has 1 aliphatic rings. The fourth-order valence-electron chi connectivity index (χ4n) is 2.82. The van der Waals surface area contributed by atoms with E-state index in [0.29, 0.717) is 18.3 Å². The van der Waals surface area contributed by atoms with Crippen molar-refractivity contribution >= 4 is 62.4 Å². The van der Waals surface area contributed by atoms with Gasteiger partial charge in [0.05, 0.1) is 6.54 Å². The molecule has 0 bridgehead atoms. The molecule has 8 heteroatoms. The maximum atomic E-state index is 12.2. The van der Waals surface area contributed by atoms with Gasteiger partial charge < -0.3 is 15.5 Å². The fourth-order valence-corrected chi connectivity index (χ4v) is 3.96. The number of hydrogen-bond acceptors (Lipinski definition) is 3. The van der Waals surface area contributed by atoms with Gasteiger partial charge in [-0.3, -0.25) is 9.20 Å². The van der Waals surface area contributed by atoms with Gasteiger partial charge in [-0.15, -0.1) is 24.0 Å². The Morgan fingerprint density at radius 2 is 2.00 bits per heavy atom. The van der Waals surface area contributed by atoms with Crippen LogP contribution in [0.4, 0.5) is 5.69 Å². The van der Waals surface area contributed by atoms with Crippen LogP contribution in [0.3, 0.4) is 0 Å². The van der Waals surface area contributed by atoms with Crippen LogP contribution in [0.2, 0.25) is 0 Å². The summed E-state index contributed by atoms with van der Waals surface area (Å²) in [6.45, 7) is 11.5. The summed E-state index contributed by atoms with van der Waals surface area (Å²) in [6, 6.07) is 8.82. The lowest BCUT2D eigenvalue weighted by Gasteiger charge is -2.21. The molecule has 2 unspecified atom stereocenters. The van der Waals surface area contributed by atoms with Gasteiger partial charge in [-0.05, 0) is 58.4 Å². The first-order valence-corrected chi connectivity index (χ1v) is 11.3. The number of rotatable bonds is 6. The van der Waals surface area contributed by atoms with Gasteiger partial charge in [0, 0.05) is 57.1 Å². The van der Waals surface area contributed by atoms with Crippen LogP contribution >= 0.6 is 39.9 Å². The molecule has 0 radical (unpaired) electrons. The lowest BCUT2D eigenvalue weighted by atomic mass is 10.3. The summed E-state index contributed by atoms with van der Waals surface area (Å²) in [5, 5.41) is 6.83. The molecule has 1 aromatic carbocycles. The number of guanidine groups is 1. The molecule has 0 aliphatic carbocycles. The lowest BCUT2D eigenvalue weighted by molar-refractivity contribution is 0.644. The monoisotopic (exact) mass is 570 g/mol. The highest BCUT2D eigenvalue weighted by Gasteiger charge is 2.23. The van der Waals surface area contributed by atoms with E-state index in [-0.39, 0.29) is 28.7 Å². The zero-order valence-corrected chi connectivity index (χ0v) is 21.4.